The first kappa shape index (κ1) is 10.2. The fourth-order valence-corrected chi connectivity index (χ4v) is 1.53. The van der Waals surface area contributed by atoms with E-state index in [1.54, 1.807) is 13.1 Å². The molecule has 0 aliphatic heterocycles. The van der Waals surface area contributed by atoms with Crippen LogP contribution in [0.4, 0.5) is 5.69 Å². The normalized spacial score (nSPS) is 10.3. The molecule has 0 saturated heterocycles. The second-order valence-corrected chi connectivity index (χ2v) is 3.31. The highest BCUT2D eigenvalue weighted by Gasteiger charge is 2.10. The Balaban J connectivity index is 2.78. The van der Waals surface area contributed by atoms with Gasteiger partial charge in [-0.1, -0.05) is 0 Å². The average molecular weight is 218 g/mol. The molecule has 5 nitrogen and oxygen atoms in total. The fraction of sp³-hybridized carbons (Fsp3) is 0.0909. The van der Waals surface area contributed by atoms with E-state index in [2.05, 4.69) is 10.3 Å². The maximum absolute atomic E-state index is 10.8. The monoisotopic (exact) mass is 218 g/mol. The molecule has 82 valence electrons. The molecule has 2 aromatic rings. The van der Waals surface area contributed by atoms with E-state index >= 15 is 0 Å². The number of aromatic nitrogens is 1. The fourth-order valence-electron chi connectivity index (χ4n) is 1.53. The van der Waals surface area contributed by atoms with E-state index in [9.17, 15) is 9.90 Å². The Morgan fingerprint density at radius 1 is 1.38 bits per heavy atom. The largest absolute Gasteiger partial charge is 0.508 e. The van der Waals surface area contributed by atoms with Crippen LogP contribution in [0.25, 0.3) is 10.9 Å². The predicted octanol–water partition coefficient (Wildman–Crippen LogP) is 1.68. The van der Waals surface area contributed by atoms with Crippen molar-refractivity contribution in [2.45, 2.75) is 0 Å². The number of hydrogen-bond donors (Lipinski definition) is 3. The van der Waals surface area contributed by atoms with E-state index in [1.807, 2.05) is 0 Å². The van der Waals surface area contributed by atoms with Crippen molar-refractivity contribution in [2.24, 2.45) is 0 Å². The quantitative estimate of drug-likeness (QED) is 0.714. The number of carboxylic acids is 1. The van der Waals surface area contributed by atoms with Crippen LogP contribution in [0.15, 0.2) is 24.3 Å². The molecule has 16 heavy (non-hydrogen) atoms. The van der Waals surface area contributed by atoms with Gasteiger partial charge in [0, 0.05) is 24.2 Å². The van der Waals surface area contributed by atoms with Crippen molar-refractivity contribution < 1.29 is 15.0 Å². The topological polar surface area (TPSA) is 82.5 Å². The molecule has 0 aliphatic rings. The highest BCUT2D eigenvalue weighted by atomic mass is 16.4. The van der Waals surface area contributed by atoms with E-state index in [4.69, 9.17) is 5.11 Å². The van der Waals surface area contributed by atoms with Gasteiger partial charge in [0.2, 0.25) is 0 Å². The second kappa shape index (κ2) is 3.69. The first-order valence-electron chi connectivity index (χ1n) is 4.66. The van der Waals surface area contributed by atoms with Gasteiger partial charge in [-0.15, -0.1) is 0 Å². The number of carbonyl (C=O) groups is 1. The van der Waals surface area contributed by atoms with Gasteiger partial charge < -0.3 is 15.5 Å². The first-order chi connectivity index (χ1) is 7.61. The third-order valence-electron chi connectivity index (χ3n) is 2.28. The van der Waals surface area contributed by atoms with Crippen molar-refractivity contribution in [3.05, 3.63) is 30.0 Å². The van der Waals surface area contributed by atoms with Crippen molar-refractivity contribution in [1.29, 1.82) is 0 Å². The Morgan fingerprint density at radius 3 is 2.75 bits per heavy atom. The zero-order chi connectivity index (χ0) is 11.7. The third-order valence-corrected chi connectivity index (χ3v) is 2.28. The number of aromatic hydroxyl groups is 1. The number of pyridine rings is 1. The lowest BCUT2D eigenvalue weighted by atomic mass is 10.1. The Labute approximate surface area is 91.4 Å². The predicted molar refractivity (Wildman–Crippen MR) is 59.9 cm³/mol. The zero-order valence-corrected chi connectivity index (χ0v) is 8.56. The summed E-state index contributed by atoms with van der Waals surface area (Å²) in [7, 11) is 1.70. The minimum absolute atomic E-state index is 0.0533. The van der Waals surface area contributed by atoms with Gasteiger partial charge in [0.15, 0.2) is 5.69 Å². The molecule has 0 aliphatic carbocycles. The van der Waals surface area contributed by atoms with Crippen molar-refractivity contribution in [2.75, 3.05) is 12.4 Å². The van der Waals surface area contributed by atoms with Crippen LogP contribution >= 0.6 is 0 Å². The van der Waals surface area contributed by atoms with E-state index in [0.29, 0.717) is 11.2 Å². The van der Waals surface area contributed by atoms with Crippen LogP contribution in [0.2, 0.25) is 0 Å². The van der Waals surface area contributed by atoms with Gasteiger partial charge in [0.1, 0.15) is 5.75 Å². The number of anilines is 1. The number of phenols is 1. The maximum atomic E-state index is 10.8. The number of hydrogen-bond acceptors (Lipinski definition) is 4. The van der Waals surface area contributed by atoms with Crippen LogP contribution in [0.5, 0.6) is 5.75 Å². The summed E-state index contributed by atoms with van der Waals surface area (Å²) >= 11 is 0. The van der Waals surface area contributed by atoms with Gasteiger partial charge in [-0.05, 0) is 18.2 Å². The standard InChI is InChI=1S/C11H10N2O3/c1-12-8-5-10(11(15)16)13-9-4-6(14)2-3-7(8)9/h2-5,14H,1H3,(H,12,13)(H,15,16). The molecule has 0 bridgehead atoms. The van der Waals surface area contributed by atoms with Gasteiger partial charge in [0.25, 0.3) is 0 Å². The molecule has 1 aromatic heterocycles. The van der Waals surface area contributed by atoms with Crippen LogP contribution in [0.1, 0.15) is 10.5 Å². The number of phenolic OH excluding ortho intramolecular Hbond substituents is 1. The minimum atomic E-state index is -1.10. The zero-order valence-electron chi connectivity index (χ0n) is 8.56. The molecule has 1 aromatic carbocycles. The lowest BCUT2D eigenvalue weighted by Crippen LogP contribution is -2.02. The summed E-state index contributed by atoms with van der Waals surface area (Å²) in [6.45, 7) is 0. The van der Waals surface area contributed by atoms with Crippen molar-refractivity contribution >= 4 is 22.6 Å². The molecule has 0 amide bonds. The Kier molecular flexibility index (Phi) is 2.36. The number of nitrogens with zero attached hydrogens (tertiary/aromatic N) is 1. The molecule has 5 heteroatoms. The third kappa shape index (κ3) is 1.63. The van der Waals surface area contributed by atoms with Gasteiger partial charge in [-0.25, -0.2) is 9.78 Å². The molecule has 2 rings (SSSR count). The van der Waals surface area contributed by atoms with Crippen LogP contribution in [-0.4, -0.2) is 28.2 Å². The van der Waals surface area contributed by atoms with Gasteiger partial charge in [0.05, 0.1) is 5.52 Å². The van der Waals surface area contributed by atoms with E-state index in [0.717, 1.165) is 5.39 Å². The van der Waals surface area contributed by atoms with Crippen molar-refractivity contribution in [3.63, 3.8) is 0 Å². The summed E-state index contributed by atoms with van der Waals surface area (Å²) < 4.78 is 0. The SMILES string of the molecule is CNc1cc(C(=O)O)nc2cc(O)ccc12. The van der Waals surface area contributed by atoms with Crippen molar-refractivity contribution in [3.8, 4) is 5.75 Å². The van der Waals surface area contributed by atoms with E-state index in [1.165, 1.54) is 18.2 Å². The first-order valence-corrected chi connectivity index (χ1v) is 4.66. The molecule has 0 spiro atoms. The molecule has 3 N–H and O–H groups in total. The molecule has 0 saturated carbocycles. The average Bonchev–Trinajstić information content (AvgIpc) is 2.26. The number of benzene rings is 1. The van der Waals surface area contributed by atoms with E-state index in [-0.39, 0.29) is 11.4 Å². The van der Waals surface area contributed by atoms with Gasteiger partial charge in [-0.3, -0.25) is 0 Å². The number of nitrogens with one attached hydrogen (secondary N) is 1. The summed E-state index contributed by atoms with van der Waals surface area (Å²) in [4.78, 5) is 14.8. The van der Waals surface area contributed by atoms with Crippen LogP contribution in [0, 0.1) is 0 Å². The summed E-state index contributed by atoms with van der Waals surface area (Å²) in [6.07, 6.45) is 0. The Bertz CT molecular complexity index is 566. The Morgan fingerprint density at radius 2 is 2.12 bits per heavy atom. The molecular formula is C11H10N2O3. The number of fused-ring (bicyclic) bond motifs is 1. The summed E-state index contributed by atoms with van der Waals surface area (Å²) in [5.41, 5.74) is 1.06. The second-order valence-electron chi connectivity index (χ2n) is 3.31. The molecule has 0 unspecified atom stereocenters. The minimum Gasteiger partial charge on any atom is -0.508 e. The highest BCUT2D eigenvalue weighted by Crippen LogP contribution is 2.25. The maximum Gasteiger partial charge on any atom is 0.354 e. The molecule has 0 radical (unpaired) electrons. The Hall–Kier alpha value is -2.30. The highest BCUT2D eigenvalue weighted by molar-refractivity contribution is 5.97. The van der Waals surface area contributed by atoms with E-state index < -0.39 is 5.97 Å². The number of aromatic carboxylic acids is 1. The number of carboxylic acid groups (broad SMARTS) is 1. The molecule has 0 atom stereocenters. The lowest BCUT2D eigenvalue weighted by Gasteiger charge is -2.07. The number of rotatable bonds is 2. The van der Waals surface area contributed by atoms with Crippen LogP contribution < -0.4 is 5.32 Å². The molecular weight excluding hydrogens is 208 g/mol. The van der Waals surface area contributed by atoms with Crippen LogP contribution in [0.3, 0.4) is 0 Å². The van der Waals surface area contributed by atoms with Crippen LogP contribution in [-0.2, 0) is 0 Å². The smallest absolute Gasteiger partial charge is 0.354 e. The molecule has 1 heterocycles. The summed E-state index contributed by atoms with van der Waals surface area (Å²) in [5, 5.41) is 21.9. The van der Waals surface area contributed by atoms with Gasteiger partial charge in [-0.2, -0.15) is 0 Å². The van der Waals surface area contributed by atoms with Gasteiger partial charge >= 0.3 is 5.97 Å². The summed E-state index contributed by atoms with van der Waals surface area (Å²) in [6, 6.07) is 6.12. The van der Waals surface area contributed by atoms with Crippen molar-refractivity contribution in [1.82, 2.24) is 4.98 Å². The molecule has 0 fully saturated rings. The summed E-state index contributed by atoms with van der Waals surface area (Å²) in [5.74, 6) is -1.04. The lowest BCUT2D eigenvalue weighted by molar-refractivity contribution is 0.0691.